The van der Waals surface area contributed by atoms with Crippen LogP contribution in [0.4, 0.5) is 0 Å². The van der Waals surface area contributed by atoms with E-state index in [1.165, 1.54) is 16.7 Å². The minimum Gasteiger partial charge on any atom is -0.313 e. The Balaban J connectivity index is 2.23. The minimum atomic E-state index is 0.288. The highest BCUT2D eigenvalue weighted by atomic mass is 79.9. The summed E-state index contributed by atoms with van der Waals surface area (Å²) in [6, 6.07) is 10.8. The number of rotatable bonds is 4. The number of aromatic nitrogens is 1. The Hall–Kier alpha value is -1.19. The predicted octanol–water partition coefficient (Wildman–Crippen LogP) is 3.66. The van der Waals surface area contributed by atoms with Gasteiger partial charge >= 0.3 is 0 Å². The molecule has 18 heavy (non-hydrogen) atoms. The quantitative estimate of drug-likeness (QED) is 0.932. The van der Waals surface area contributed by atoms with Gasteiger partial charge in [0.1, 0.15) is 0 Å². The summed E-state index contributed by atoms with van der Waals surface area (Å²) < 4.78 is 1.16. The van der Waals surface area contributed by atoms with E-state index < -0.39 is 0 Å². The lowest BCUT2D eigenvalue weighted by molar-refractivity contribution is 0.588. The van der Waals surface area contributed by atoms with Crippen molar-refractivity contribution < 1.29 is 0 Å². The summed E-state index contributed by atoms with van der Waals surface area (Å²) in [6.07, 6.45) is 4.77. The molecule has 0 aliphatic rings. The number of hydrogen-bond acceptors (Lipinski definition) is 2. The zero-order valence-electron chi connectivity index (χ0n) is 10.7. The fourth-order valence-corrected chi connectivity index (χ4v) is 2.49. The number of hydrogen-bond donors (Lipinski definition) is 1. The SMILES string of the molecule is CNC(Cc1ccccc1Br)c1cncc(C)c1. The summed E-state index contributed by atoms with van der Waals surface area (Å²) >= 11 is 3.60. The maximum absolute atomic E-state index is 4.27. The van der Waals surface area contributed by atoms with Gasteiger partial charge in [0.15, 0.2) is 0 Å². The van der Waals surface area contributed by atoms with Crippen LogP contribution in [0.3, 0.4) is 0 Å². The fraction of sp³-hybridized carbons (Fsp3) is 0.267. The standard InChI is InChI=1S/C15H17BrN2/c1-11-7-13(10-18-9-11)15(17-2)8-12-5-3-4-6-14(12)16/h3-7,9-10,15,17H,8H2,1-2H3. The van der Waals surface area contributed by atoms with Crippen molar-refractivity contribution in [2.75, 3.05) is 7.05 Å². The largest absolute Gasteiger partial charge is 0.313 e. The van der Waals surface area contributed by atoms with E-state index in [1.54, 1.807) is 0 Å². The van der Waals surface area contributed by atoms with E-state index in [0.717, 1.165) is 10.9 Å². The molecular weight excluding hydrogens is 288 g/mol. The van der Waals surface area contributed by atoms with Crippen LogP contribution < -0.4 is 5.32 Å². The highest BCUT2D eigenvalue weighted by Crippen LogP contribution is 2.23. The van der Waals surface area contributed by atoms with E-state index in [-0.39, 0.29) is 6.04 Å². The molecule has 0 saturated heterocycles. The molecule has 0 spiro atoms. The molecule has 1 unspecified atom stereocenters. The molecule has 1 aromatic carbocycles. The predicted molar refractivity (Wildman–Crippen MR) is 78.6 cm³/mol. The number of nitrogens with one attached hydrogen (secondary N) is 1. The maximum atomic E-state index is 4.27. The van der Waals surface area contributed by atoms with Crippen molar-refractivity contribution in [2.24, 2.45) is 0 Å². The number of pyridine rings is 1. The molecule has 0 amide bonds. The molecule has 0 aliphatic heterocycles. The molecule has 1 aromatic heterocycles. The van der Waals surface area contributed by atoms with Crippen LogP contribution in [0.25, 0.3) is 0 Å². The average Bonchev–Trinajstić information content (AvgIpc) is 2.38. The van der Waals surface area contributed by atoms with Crippen LogP contribution in [0.2, 0.25) is 0 Å². The third-order valence-corrected chi connectivity index (χ3v) is 3.80. The van der Waals surface area contributed by atoms with Crippen LogP contribution in [0.5, 0.6) is 0 Å². The van der Waals surface area contributed by atoms with Gasteiger partial charge in [-0.2, -0.15) is 0 Å². The topological polar surface area (TPSA) is 24.9 Å². The van der Waals surface area contributed by atoms with E-state index in [2.05, 4.69) is 57.4 Å². The summed E-state index contributed by atoms with van der Waals surface area (Å²) in [6.45, 7) is 2.07. The van der Waals surface area contributed by atoms with Crippen LogP contribution in [0.15, 0.2) is 47.2 Å². The molecular formula is C15H17BrN2. The third kappa shape index (κ3) is 3.18. The Morgan fingerprint density at radius 1 is 1.28 bits per heavy atom. The molecule has 0 aliphatic carbocycles. The molecule has 1 atom stereocenters. The lowest BCUT2D eigenvalue weighted by Gasteiger charge is -2.17. The van der Waals surface area contributed by atoms with E-state index in [1.807, 2.05) is 25.5 Å². The van der Waals surface area contributed by atoms with Crippen LogP contribution in [0, 0.1) is 6.92 Å². The summed E-state index contributed by atoms with van der Waals surface area (Å²) in [4.78, 5) is 4.27. The van der Waals surface area contributed by atoms with Crippen LogP contribution in [-0.2, 0) is 6.42 Å². The summed E-state index contributed by atoms with van der Waals surface area (Å²) in [5, 5.41) is 3.36. The first-order valence-electron chi connectivity index (χ1n) is 6.03. The van der Waals surface area contributed by atoms with Gasteiger partial charge in [-0.25, -0.2) is 0 Å². The molecule has 94 valence electrons. The Kier molecular flexibility index (Phi) is 4.50. The Bertz CT molecular complexity index is 525. The van der Waals surface area contributed by atoms with Gasteiger partial charge < -0.3 is 5.32 Å². The molecule has 1 N–H and O–H groups in total. The van der Waals surface area contributed by atoms with Gasteiger partial charge in [-0.3, -0.25) is 4.98 Å². The molecule has 0 saturated carbocycles. The lowest BCUT2D eigenvalue weighted by Crippen LogP contribution is -2.19. The van der Waals surface area contributed by atoms with Gasteiger partial charge in [0.05, 0.1) is 0 Å². The van der Waals surface area contributed by atoms with Gasteiger partial charge in [-0.15, -0.1) is 0 Å². The zero-order valence-corrected chi connectivity index (χ0v) is 12.2. The van der Waals surface area contributed by atoms with Gasteiger partial charge in [0.2, 0.25) is 0 Å². The number of aryl methyl sites for hydroxylation is 1. The van der Waals surface area contributed by atoms with E-state index in [9.17, 15) is 0 Å². The summed E-state index contributed by atoms with van der Waals surface area (Å²) in [7, 11) is 1.99. The van der Waals surface area contributed by atoms with Crippen LogP contribution in [0.1, 0.15) is 22.7 Å². The molecule has 0 bridgehead atoms. The third-order valence-electron chi connectivity index (χ3n) is 3.03. The first-order valence-corrected chi connectivity index (χ1v) is 6.82. The molecule has 3 heteroatoms. The minimum absolute atomic E-state index is 0.288. The monoisotopic (exact) mass is 304 g/mol. The van der Waals surface area contributed by atoms with Crippen molar-refractivity contribution in [3.63, 3.8) is 0 Å². The van der Waals surface area contributed by atoms with Gasteiger partial charge in [0, 0.05) is 22.9 Å². The van der Waals surface area contributed by atoms with Crippen molar-refractivity contribution in [1.29, 1.82) is 0 Å². The Labute approximate surface area is 117 Å². The molecule has 2 rings (SSSR count). The van der Waals surface area contributed by atoms with Gasteiger partial charge in [-0.1, -0.05) is 40.2 Å². The second kappa shape index (κ2) is 6.12. The highest BCUT2D eigenvalue weighted by molar-refractivity contribution is 9.10. The summed E-state index contributed by atoms with van der Waals surface area (Å²) in [5.41, 5.74) is 3.73. The van der Waals surface area contributed by atoms with Gasteiger partial charge in [-0.05, 0) is 43.1 Å². The molecule has 2 nitrogen and oxygen atoms in total. The van der Waals surface area contributed by atoms with Crippen LogP contribution >= 0.6 is 15.9 Å². The van der Waals surface area contributed by atoms with Gasteiger partial charge in [0.25, 0.3) is 0 Å². The molecule has 0 fully saturated rings. The molecule has 0 radical (unpaired) electrons. The maximum Gasteiger partial charge on any atom is 0.0374 e. The smallest absolute Gasteiger partial charge is 0.0374 e. The Morgan fingerprint density at radius 3 is 2.72 bits per heavy atom. The second-order valence-electron chi connectivity index (χ2n) is 4.43. The van der Waals surface area contributed by atoms with E-state index >= 15 is 0 Å². The summed E-state index contributed by atoms with van der Waals surface area (Å²) in [5.74, 6) is 0. The number of halogens is 1. The van der Waals surface area contributed by atoms with Crippen LogP contribution in [-0.4, -0.2) is 12.0 Å². The van der Waals surface area contributed by atoms with E-state index in [4.69, 9.17) is 0 Å². The number of benzene rings is 1. The highest BCUT2D eigenvalue weighted by Gasteiger charge is 2.12. The molecule has 1 heterocycles. The van der Waals surface area contributed by atoms with Crippen molar-refractivity contribution in [3.05, 3.63) is 63.9 Å². The zero-order chi connectivity index (χ0) is 13.0. The lowest BCUT2D eigenvalue weighted by atomic mass is 9.99. The first kappa shape index (κ1) is 13.2. The number of likely N-dealkylation sites (N-methyl/N-ethyl adjacent to an activating group) is 1. The van der Waals surface area contributed by atoms with Crippen molar-refractivity contribution in [1.82, 2.24) is 10.3 Å². The van der Waals surface area contributed by atoms with Crippen molar-refractivity contribution in [3.8, 4) is 0 Å². The first-order chi connectivity index (χ1) is 8.70. The molecule has 2 aromatic rings. The fourth-order valence-electron chi connectivity index (χ4n) is 2.04. The number of nitrogens with zero attached hydrogens (tertiary/aromatic N) is 1. The Morgan fingerprint density at radius 2 is 2.06 bits per heavy atom. The van der Waals surface area contributed by atoms with E-state index in [0.29, 0.717) is 0 Å². The average molecular weight is 305 g/mol. The van der Waals surface area contributed by atoms with Crippen molar-refractivity contribution >= 4 is 15.9 Å². The van der Waals surface area contributed by atoms with Crippen molar-refractivity contribution in [2.45, 2.75) is 19.4 Å². The second-order valence-corrected chi connectivity index (χ2v) is 5.29. The normalized spacial score (nSPS) is 12.4.